The zero-order chi connectivity index (χ0) is 19.7. The molecule has 0 aliphatic heterocycles. The van der Waals surface area contributed by atoms with Crippen molar-refractivity contribution in [1.82, 2.24) is 0 Å². The number of nitrogens with two attached hydrogens (primary N) is 1. The van der Waals surface area contributed by atoms with Crippen molar-refractivity contribution >= 4 is 11.6 Å². The van der Waals surface area contributed by atoms with Crippen LogP contribution in [0.2, 0.25) is 0 Å². The molecule has 2 aromatic carbocycles. The second-order valence-corrected chi connectivity index (χ2v) is 7.73. The fraction of sp³-hybridized carbons (Fsp3) is 0.409. The van der Waals surface area contributed by atoms with Crippen LogP contribution in [0.1, 0.15) is 32.8 Å². The minimum Gasteiger partial charge on any atom is -0.457 e. The van der Waals surface area contributed by atoms with Crippen LogP contribution in [0.4, 0.5) is 5.69 Å². The first-order valence-electron chi connectivity index (χ1n) is 9.33. The Bertz CT molecular complexity index is 799. The number of rotatable bonds is 6. The number of hydrogen-bond donors (Lipinski definition) is 2. The molecule has 1 amide bonds. The fourth-order valence-corrected chi connectivity index (χ4v) is 3.41. The van der Waals surface area contributed by atoms with E-state index in [0.29, 0.717) is 24.5 Å². The second-order valence-electron chi connectivity index (χ2n) is 7.73. The maximum atomic E-state index is 12.8. The Morgan fingerprint density at radius 2 is 1.67 bits per heavy atom. The molecule has 0 aromatic heterocycles. The summed E-state index contributed by atoms with van der Waals surface area (Å²) in [7, 11) is 0. The monoisotopic (exact) mass is 368 g/mol. The maximum Gasteiger partial charge on any atom is 0.245 e. The molecule has 27 heavy (non-hydrogen) atoms. The van der Waals surface area contributed by atoms with Crippen molar-refractivity contribution in [3.63, 3.8) is 0 Å². The van der Waals surface area contributed by atoms with Gasteiger partial charge in [-0.15, -0.1) is 0 Å². The first-order valence-corrected chi connectivity index (χ1v) is 9.33. The molecule has 1 saturated carbocycles. The molecule has 0 heterocycles. The zero-order valence-electron chi connectivity index (χ0n) is 16.4. The SMILES string of the molecule is CCOC1CC(N)(C(=O)Nc2ccc(Oc3ccc(C)cc3)cc2)C1(C)C. The van der Waals surface area contributed by atoms with Gasteiger partial charge in [-0.1, -0.05) is 31.5 Å². The molecule has 2 unspecified atom stereocenters. The highest BCUT2D eigenvalue weighted by Crippen LogP contribution is 2.50. The number of ether oxygens (including phenoxy) is 2. The third kappa shape index (κ3) is 3.70. The highest BCUT2D eigenvalue weighted by molar-refractivity contribution is 5.99. The maximum absolute atomic E-state index is 12.8. The molecule has 1 aliphatic rings. The van der Waals surface area contributed by atoms with Crippen LogP contribution < -0.4 is 15.8 Å². The van der Waals surface area contributed by atoms with Gasteiger partial charge in [-0.25, -0.2) is 0 Å². The Morgan fingerprint density at radius 1 is 1.11 bits per heavy atom. The number of anilines is 1. The molecule has 0 saturated heterocycles. The van der Waals surface area contributed by atoms with E-state index in [1.54, 1.807) is 0 Å². The Hall–Kier alpha value is -2.37. The molecule has 1 fully saturated rings. The molecule has 0 bridgehead atoms. The van der Waals surface area contributed by atoms with E-state index in [0.717, 1.165) is 5.75 Å². The average molecular weight is 368 g/mol. The van der Waals surface area contributed by atoms with Crippen LogP contribution in [-0.2, 0) is 9.53 Å². The van der Waals surface area contributed by atoms with E-state index >= 15 is 0 Å². The summed E-state index contributed by atoms with van der Waals surface area (Å²) in [6.45, 7) is 8.57. The molecule has 5 nitrogen and oxygen atoms in total. The second kappa shape index (κ2) is 7.33. The molecule has 2 aromatic rings. The first kappa shape index (κ1) is 19.4. The van der Waals surface area contributed by atoms with Gasteiger partial charge in [-0.3, -0.25) is 4.79 Å². The van der Waals surface area contributed by atoms with Crippen LogP contribution >= 0.6 is 0 Å². The molecule has 144 valence electrons. The number of hydrogen-bond acceptors (Lipinski definition) is 4. The predicted molar refractivity (Wildman–Crippen MR) is 107 cm³/mol. The van der Waals surface area contributed by atoms with Crippen molar-refractivity contribution < 1.29 is 14.3 Å². The van der Waals surface area contributed by atoms with Crippen molar-refractivity contribution in [2.75, 3.05) is 11.9 Å². The highest BCUT2D eigenvalue weighted by Gasteiger charge is 2.62. The topological polar surface area (TPSA) is 73.6 Å². The van der Waals surface area contributed by atoms with Crippen molar-refractivity contribution in [3.8, 4) is 11.5 Å². The summed E-state index contributed by atoms with van der Waals surface area (Å²) in [4.78, 5) is 12.8. The van der Waals surface area contributed by atoms with E-state index in [4.69, 9.17) is 15.2 Å². The van der Waals surface area contributed by atoms with E-state index in [9.17, 15) is 4.79 Å². The summed E-state index contributed by atoms with van der Waals surface area (Å²) in [5, 5.41) is 2.93. The lowest BCUT2D eigenvalue weighted by Crippen LogP contribution is -2.74. The summed E-state index contributed by atoms with van der Waals surface area (Å²) in [5.74, 6) is 1.30. The summed E-state index contributed by atoms with van der Waals surface area (Å²) in [5.41, 5.74) is 6.94. The number of nitrogens with one attached hydrogen (secondary N) is 1. The van der Waals surface area contributed by atoms with Crippen LogP contribution in [0.15, 0.2) is 48.5 Å². The van der Waals surface area contributed by atoms with Crippen LogP contribution in [0, 0.1) is 12.3 Å². The van der Waals surface area contributed by atoms with E-state index in [2.05, 4.69) is 5.32 Å². The van der Waals surface area contributed by atoms with Crippen LogP contribution in [0.25, 0.3) is 0 Å². The van der Waals surface area contributed by atoms with Crippen LogP contribution in [0.5, 0.6) is 11.5 Å². The largest absolute Gasteiger partial charge is 0.457 e. The molecule has 5 heteroatoms. The summed E-state index contributed by atoms with van der Waals surface area (Å²) >= 11 is 0. The number of carbonyl (C=O) groups excluding carboxylic acids is 1. The van der Waals surface area contributed by atoms with Gasteiger partial charge in [0, 0.05) is 24.1 Å². The molecule has 3 rings (SSSR count). The summed E-state index contributed by atoms with van der Waals surface area (Å²) in [6.07, 6.45) is 0.525. The van der Waals surface area contributed by atoms with Gasteiger partial charge in [0.25, 0.3) is 0 Å². The summed E-state index contributed by atoms with van der Waals surface area (Å²) in [6, 6.07) is 15.1. The van der Waals surface area contributed by atoms with Crippen molar-refractivity contribution in [2.24, 2.45) is 11.1 Å². The van der Waals surface area contributed by atoms with Gasteiger partial charge >= 0.3 is 0 Å². The fourth-order valence-electron chi connectivity index (χ4n) is 3.41. The Kier molecular flexibility index (Phi) is 5.27. The third-order valence-electron chi connectivity index (χ3n) is 5.60. The Morgan fingerprint density at radius 3 is 2.19 bits per heavy atom. The van der Waals surface area contributed by atoms with Gasteiger partial charge in [0.1, 0.15) is 17.0 Å². The third-order valence-corrected chi connectivity index (χ3v) is 5.60. The average Bonchev–Trinajstić information content (AvgIpc) is 2.64. The predicted octanol–water partition coefficient (Wildman–Crippen LogP) is 4.26. The van der Waals surface area contributed by atoms with Gasteiger partial charge in [0.15, 0.2) is 0 Å². The standard InChI is InChI=1S/C22H28N2O3/c1-5-26-19-14-22(23,21(19,3)4)20(25)24-16-8-12-18(13-9-16)27-17-10-6-15(2)7-11-17/h6-13,19H,5,14,23H2,1-4H3,(H,24,25). The lowest BCUT2D eigenvalue weighted by molar-refractivity contribution is -0.166. The van der Waals surface area contributed by atoms with Gasteiger partial charge in [-0.2, -0.15) is 0 Å². The van der Waals surface area contributed by atoms with E-state index in [-0.39, 0.29) is 12.0 Å². The Balaban J connectivity index is 1.63. The van der Waals surface area contributed by atoms with Crippen LogP contribution in [-0.4, -0.2) is 24.2 Å². The molecule has 0 spiro atoms. The molecule has 2 atom stereocenters. The number of aryl methyl sites for hydroxylation is 1. The summed E-state index contributed by atoms with van der Waals surface area (Å²) < 4.78 is 11.5. The van der Waals surface area contributed by atoms with Crippen molar-refractivity contribution in [2.45, 2.75) is 45.8 Å². The van der Waals surface area contributed by atoms with Gasteiger partial charge in [-0.05, 0) is 50.2 Å². The molecule has 1 aliphatic carbocycles. The van der Waals surface area contributed by atoms with Gasteiger partial charge in [0.2, 0.25) is 5.91 Å². The van der Waals surface area contributed by atoms with Gasteiger partial charge < -0.3 is 20.5 Å². The zero-order valence-corrected chi connectivity index (χ0v) is 16.4. The van der Waals surface area contributed by atoms with Gasteiger partial charge in [0.05, 0.1) is 6.10 Å². The highest BCUT2D eigenvalue weighted by atomic mass is 16.5. The van der Waals surface area contributed by atoms with Crippen LogP contribution in [0.3, 0.4) is 0 Å². The quantitative estimate of drug-likeness (QED) is 0.799. The minimum absolute atomic E-state index is 0.00327. The Labute approximate surface area is 160 Å². The molecular weight excluding hydrogens is 340 g/mol. The van der Waals surface area contributed by atoms with E-state index in [1.165, 1.54) is 5.56 Å². The van der Waals surface area contributed by atoms with Crippen molar-refractivity contribution in [3.05, 3.63) is 54.1 Å². The molecular formula is C22H28N2O3. The van der Waals surface area contributed by atoms with E-state index in [1.807, 2.05) is 76.2 Å². The number of carbonyl (C=O) groups is 1. The lowest BCUT2D eigenvalue weighted by atomic mass is 9.54. The minimum atomic E-state index is -0.941. The normalized spacial score (nSPS) is 23.4. The first-order chi connectivity index (χ1) is 12.8. The smallest absolute Gasteiger partial charge is 0.245 e. The lowest BCUT2D eigenvalue weighted by Gasteiger charge is -2.57. The molecule has 0 radical (unpaired) electrons. The van der Waals surface area contributed by atoms with Crippen molar-refractivity contribution in [1.29, 1.82) is 0 Å². The number of amides is 1. The number of benzene rings is 2. The van der Waals surface area contributed by atoms with E-state index < -0.39 is 11.0 Å². The molecule has 3 N–H and O–H groups in total.